The minimum atomic E-state index is -0.200. The predicted octanol–water partition coefficient (Wildman–Crippen LogP) is 4.56. The Balaban J connectivity index is 1.52. The van der Waals surface area contributed by atoms with E-state index in [1.807, 2.05) is 58.9 Å². The highest BCUT2D eigenvalue weighted by atomic mass is 32.2. The van der Waals surface area contributed by atoms with Crippen LogP contribution in [0.15, 0.2) is 42.5 Å². The van der Waals surface area contributed by atoms with Crippen molar-refractivity contribution in [3.8, 4) is 5.75 Å². The van der Waals surface area contributed by atoms with Crippen LogP contribution in [0.5, 0.6) is 5.75 Å². The summed E-state index contributed by atoms with van der Waals surface area (Å²) in [6, 6.07) is 13.9. The van der Waals surface area contributed by atoms with Gasteiger partial charge in [0.25, 0.3) is 5.91 Å². The molecule has 5 nitrogen and oxygen atoms in total. The summed E-state index contributed by atoms with van der Waals surface area (Å²) in [6.07, 6.45) is 0. The number of anilines is 1. The molecule has 0 atom stereocenters. The fourth-order valence-corrected chi connectivity index (χ4v) is 4.29. The largest absolute Gasteiger partial charge is 0.483 e. The summed E-state index contributed by atoms with van der Waals surface area (Å²) < 4.78 is 7.75. The number of nitrogens with zero attached hydrogens (tertiary/aromatic N) is 2. The number of carbonyl (C=O) groups is 1. The van der Waals surface area contributed by atoms with Gasteiger partial charge in [-0.05, 0) is 32.2 Å². The van der Waals surface area contributed by atoms with E-state index in [0.717, 1.165) is 39.4 Å². The van der Waals surface area contributed by atoms with Crippen LogP contribution in [0.1, 0.15) is 32.0 Å². The molecule has 1 amide bonds. The number of thioether (sulfide) groups is 1. The minimum absolute atomic E-state index is 0.0365. The fourth-order valence-electron chi connectivity index (χ4n) is 3.26. The molecular formula is C21H23N3O2S. The Morgan fingerprint density at radius 3 is 2.78 bits per heavy atom. The molecule has 0 aliphatic carbocycles. The monoisotopic (exact) mass is 381 g/mol. The van der Waals surface area contributed by atoms with Gasteiger partial charge in [0.1, 0.15) is 11.6 Å². The lowest BCUT2D eigenvalue weighted by Gasteiger charge is -2.23. The molecule has 2 heterocycles. The average Bonchev–Trinajstić information content (AvgIpc) is 3.22. The number of ether oxygens (including phenoxy) is 1. The molecule has 0 fully saturated rings. The minimum Gasteiger partial charge on any atom is -0.483 e. The number of nitrogens with one attached hydrogen (secondary N) is 1. The Hall–Kier alpha value is -2.47. The Labute approximate surface area is 163 Å². The number of fused-ring (bicyclic) bond motifs is 2. The molecule has 2 aromatic carbocycles. The summed E-state index contributed by atoms with van der Waals surface area (Å²) >= 11 is 1.82. The quantitative estimate of drug-likeness (QED) is 0.720. The number of rotatable bonds is 4. The van der Waals surface area contributed by atoms with Crippen molar-refractivity contribution in [3.63, 3.8) is 0 Å². The van der Waals surface area contributed by atoms with Crippen LogP contribution < -0.4 is 10.1 Å². The highest BCUT2D eigenvalue weighted by molar-refractivity contribution is 7.98. The molecule has 3 aromatic rings. The lowest BCUT2D eigenvalue weighted by molar-refractivity contribution is -0.118. The Kier molecular flexibility index (Phi) is 4.60. The van der Waals surface area contributed by atoms with Crippen LogP contribution in [0.4, 0.5) is 5.82 Å². The molecule has 27 heavy (non-hydrogen) atoms. The molecule has 0 unspecified atom stereocenters. The lowest BCUT2D eigenvalue weighted by Crippen LogP contribution is -2.29. The fraction of sp³-hybridized carbons (Fsp3) is 0.333. The van der Waals surface area contributed by atoms with E-state index in [1.165, 1.54) is 0 Å². The summed E-state index contributed by atoms with van der Waals surface area (Å²) in [5, 5.41) is 9.85. The molecule has 1 N–H and O–H groups in total. The Morgan fingerprint density at radius 1 is 1.19 bits per heavy atom. The van der Waals surface area contributed by atoms with Crippen LogP contribution in [-0.2, 0) is 21.8 Å². The van der Waals surface area contributed by atoms with E-state index in [0.29, 0.717) is 5.75 Å². The van der Waals surface area contributed by atoms with Crippen molar-refractivity contribution in [1.29, 1.82) is 0 Å². The summed E-state index contributed by atoms with van der Waals surface area (Å²) in [4.78, 5) is 12.6. The number of benzene rings is 2. The van der Waals surface area contributed by atoms with E-state index < -0.39 is 0 Å². The van der Waals surface area contributed by atoms with Gasteiger partial charge in [-0.25, -0.2) is 4.68 Å². The molecule has 0 saturated carbocycles. The van der Waals surface area contributed by atoms with Crippen LogP contribution in [0.2, 0.25) is 0 Å². The SMILES string of the molecule is CC(C)(C)n1nc2c(c1NC(=O)COc1cccc3ccccc13)CSC2. The van der Waals surface area contributed by atoms with Gasteiger partial charge in [-0.1, -0.05) is 36.4 Å². The van der Waals surface area contributed by atoms with Crippen LogP contribution >= 0.6 is 11.8 Å². The van der Waals surface area contributed by atoms with Gasteiger partial charge >= 0.3 is 0 Å². The molecule has 4 rings (SSSR count). The second-order valence-corrected chi connectivity index (χ2v) is 8.65. The van der Waals surface area contributed by atoms with Crippen LogP contribution in [0.3, 0.4) is 0 Å². The third-order valence-electron chi connectivity index (χ3n) is 4.55. The van der Waals surface area contributed by atoms with Crippen molar-refractivity contribution in [2.24, 2.45) is 0 Å². The maximum atomic E-state index is 12.6. The standard InChI is InChI=1S/C21H23N3O2S/c1-21(2,3)24-20(16-12-27-13-17(16)23-24)22-19(25)11-26-18-10-6-8-14-7-4-5-9-15(14)18/h4-10H,11-13H2,1-3H3,(H,22,25). The van der Waals surface area contributed by atoms with Crippen molar-refractivity contribution in [1.82, 2.24) is 9.78 Å². The molecule has 1 aliphatic rings. The maximum Gasteiger partial charge on any atom is 0.263 e. The van der Waals surface area contributed by atoms with Crippen LogP contribution in [0.25, 0.3) is 10.8 Å². The smallest absolute Gasteiger partial charge is 0.263 e. The number of hydrogen-bond donors (Lipinski definition) is 1. The number of amides is 1. The van der Waals surface area contributed by atoms with Gasteiger partial charge in [0.2, 0.25) is 0 Å². The number of hydrogen-bond acceptors (Lipinski definition) is 4. The zero-order valence-electron chi connectivity index (χ0n) is 15.8. The van der Waals surface area contributed by atoms with Crippen molar-refractivity contribution < 1.29 is 9.53 Å². The first-order chi connectivity index (χ1) is 12.9. The average molecular weight is 382 g/mol. The van der Waals surface area contributed by atoms with Gasteiger partial charge < -0.3 is 10.1 Å². The van der Waals surface area contributed by atoms with Crippen LogP contribution in [-0.4, -0.2) is 22.3 Å². The highest BCUT2D eigenvalue weighted by Gasteiger charge is 2.28. The predicted molar refractivity (Wildman–Crippen MR) is 110 cm³/mol. The first-order valence-electron chi connectivity index (χ1n) is 9.03. The first-order valence-corrected chi connectivity index (χ1v) is 10.2. The van der Waals surface area contributed by atoms with E-state index in [9.17, 15) is 4.79 Å². The molecule has 0 radical (unpaired) electrons. The van der Waals surface area contributed by atoms with E-state index in [2.05, 4.69) is 26.1 Å². The molecule has 1 aromatic heterocycles. The Morgan fingerprint density at radius 2 is 1.96 bits per heavy atom. The second-order valence-electron chi connectivity index (χ2n) is 7.66. The normalized spacial score (nSPS) is 13.6. The zero-order valence-corrected chi connectivity index (χ0v) is 16.6. The Bertz CT molecular complexity index is 999. The third-order valence-corrected chi connectivity index (χ3v) is 5.52. The van der Waals surface area contributed by atoms with Gasteiger partial charge in [-0.2, -0.15) is 16.9 Å². The molecule has 1 aliphatic heterocycles. The molecule has 0 spiro atoms. The van der Waals surface area contributed by atoms with Gasteiger partial charge in [0.05, 0.1) is 11.2 Å². The van der Waals surface area contributed by atoms with E-state index in [1.54, 1.807) is 0 Å². The van der Waals surface area contributed by atoms with Crippen molar-refractivity contribution >= 4 is 34.3 Å². The summed E-state index contributed by atoms with van der Waals surface area (Å²) in [6.45, 7) is 6.23. The molecule has 140 valence electrons. The molecule has 0 bridgehead atoms. The van der Waals surface area contributed by atoms with Gasteiger partial charge in [0.15, 0.2) is 6.61 Å². The van der Waals surface area contributed by atoms with Gasteiger partial charge in [0, 0.05) is 22.5 Å². The zero-order chi connectivity index (χ0) is 19.0. The van der Waals surface area contributed by atoms with Crippen molar-refractivity contribution in [2.75, 3.05) is 11.9 Å². The first kappa shape index (κ1) is 17.9. The topological polar surface area (TPSA) is 56.2 Å². The van der Waals surface area contributed by atoms with Crippen LogP contribution in [0, 0.1) is 0 Å². The highest BCUT2D eigenvalue weighted by Crippen LogP contribution is 2.37. The summed E-state index contributed by atoms with van der Waals surface area (Å²) in [5.74, 6) is 3.12. The molecular weight excluding hydrogens is 358 g/mol. The van der Waals surface area contributed by atoms with E-state index in [-0.39, 0.29) is 18.1 Å². The summed E-state index contributed by atoms with van der Waals surface area (Å²) in [7, 11) is 0. The molecule has 6 heteroatoms. The lowest BCUT2D eigenvalue weighted by atomic mass is 10.1. The number of carbonyl (C=O) groups excluding carboxylic acids is 1. The number of aromatic nitrogens is 2. The third kappa shape index (κ3) is 3.54. The van der Waals surface area contributed by atoms with Gasteiger partial charge in [-0.15, -0.1) is 0 Å². The van der Waals surface area contributed by atoms with Crippen molar-refractivity contribution in [3.05, 3.63) is 53.7 Å². The summed E-state index contributed by atoms with van der Waals surface area (Å²) in [5.41, 5.74) is 2.00. The van der Waals surface area contributed by atoms with Gasteiger partial charge in [-0.3, -0.25) is 4.79 Å². The maximum absolute atomic E-state index is 12.6. The van der Waals surface area contributed by atoms with E-state index >= 15 is 0 Å². The van der Waals surface area contributed by atoms with Crippen molar-refractivity contribution in [2.45, 2.75) is 37.8 Å². The van der Waals surface area contributed by atoms with E-state index in [4.69, 9.17) is 9.84 Å². The second kappa shape index (κ2) is 6.93. The molecule has 0 saturated heterocycles.